The van der Waals surface area contributed by atoms with Gasteiger partial charge in [0.25, 0.3) is 0 Å². The summed E-state index contributed by atoms with van der Waals surface area (Å²) in [6, 6.07) is 5.13. The molecule has 2 spiro atoms. The van der Waals surface area contributed by atoms with E-state index >= 15 is 0 Å². The van der Waals surface area contributed by atoms with Crippen LogP contribution in [0.15, 0.2) is 24.3 Å². The van der Waals surface area contributed by atoms with Crippen molar-refractivity contribution in [3.8, 4) is 0 Å². The zero-order valence-electron chi connectivity index (χ0n) is 19.9. The number of rotatable bonds is 2. The Balaban J connectivity index is 1.58. The number of hydrogen-bond donors (Lipinski definition) is 2. The zero-order valence-corrected chi connectivity index (χ0v) is 19.9. The molecular weight excluding hydrogens is 459 g/mol. The second-order valence-electron chi connectivity index (χ2n) is 10.9. The largest absolute Gasteiger partial charge is 0.416 e. The minimum atomic E-state index is -4.42. The summed E-state index contributed by atoms with van der Waals surface area (Å²) in [6.07, 6.45) is -3.20. The van der Waals surface area contributed by atoms with E-state index < -0.39 is 35.7 Å². The molecule has 1 aromatic carbocycles. The predicted octanol–water partition coefficient (Wildman–Crippen LogP) is 5.60. The summed E-state index contributed by atoms with van der Waals surface area (Å²) < 4.78 is 52.1. The van der Waals surface area contributed by atoms with Crippen LogP contribution in [0.4, 0.5) is 13.2 Å². The summed E-state index contributed by atoms with van der Waals surface area (Å²) in [6.45, 7) is 5.00. The van der Waals surface area contributed by atoms with Gasteiger partial charge in [0, 0.05) is 48.3 Å². The van der Waals surface area contributed by atoms with E-state index in [-0.39, 0.29) is 11.3 Å². The summed E-state index contributed by atoms with van der Waals surface area (Å²) in [7, 11) is 0. The highest BCUT2D eigenvalue weighted by Crippen LogP contribution is 2.65. The maximum absolute atomic E-state index is 13.2. The first-order valence-corrected chi connectivity index (χ1v) is 12.4. The number of nitrogens with zero attached hydrogens (tertiary/aromatic N) is 1. The number of fused-ring (bicyclic) bond motifs is 4. The Bertz CT molecular complexity index is 1150. The molecule has 0 radical (unpaired) electrons. The van der Waals surface area contributed by atoms with Gasteiger partial charge in [-0.1, -0.05) is 26.0 Å². The molecule has 2 fully saturated rings. The molecule has 3 atom stereocenters. The molecule has 3 heterocycles. The first-order chi connectivity index (χ1) is 16.6. The van der Waals surface area contributed by atoms with Gasteiger partial charge in [-0.2, -0.15) is 13.2 Å². The van der Waals surface area contributed by atoms with Gasteiger partial charge in [0.15, 0.2) is 0 Å². The summed E-state index contributed by atoms with van der Waals surface area (Å²) in [5.41, 5.74) is 2.55. The zero-order chi connectivity index (χ0) is 24.8. The van der Waals surface area contributed by atoms with Gasteiger partial charge in [-0.25, -0.2) is 0 Å². The Morgan fingerprint density at radius 1 is 1.00 bits per heavy atom. The molecular formula is C27H30F3NO4. The average Bonchev–Trinajstić information content (AvgIpc) is 3.53. The van der Waals surface area contributed by atoms with Crippen LogP contribution >= 0.6 is 0 Å². The second-order valence-corrected chi connectivity index (χ2v) is 10.9. The van der Waals surface area contributed by atoms with Crippen LogP contribution in [0.25, 0.3) is 0 Å². The molecule has 0 amide bonds. The minimum Gasteiger partial charge on any atom is -0.388 e. The fourth-order valence-corrected chi connectivity index (χ4v) is 6.41. The molecule has 1 aromatic heterocycles. The van der Waals surface area contributed by atoms with Crippen molar-refractivity contribution in [1.29, 1.82) is 0 Å². The highest BCUT2D eigenvalue weighted by molar-refractivity contribution is 5.55. The monoisotopic (exact) mass is 489 g/mol. The maximum Gasteiger partial charge on any atom is 0.416 e. The third-order valence-corrected chi connectivity index (χ3v) is 8.45. The van der Waals surface area contributed by atoms with Crippen molar-refractivity contribution >= 4 is 0 Å². The Kier molecular flexibility index (Phi) is 5.18. The average molecular weight is 490 g/mol. The van der Waals surface area contributed by atoms with Crippen LogP contribution in [0, 0.1) is 5.41 Å². The Hall–Kier alpha value is -2.00. The molecule has 6 rings (SSSR count). The van der Waals surface area contributed by atoms with Gasteiger partial charge >= 0.3 is 6.18 Å². The summed E-state index contributed by atoms with van der Waals surface area (Å²) >= 11 is 0. The van der Waals surface area contributed by atoms with Crippen LogP contribution < -0.4 is 0 Å². The van der Waals surface area contributed by atoms with Crippen molar-refractivity contribution in [3.05, 3.63) is 63.5 Å². The van der Waals surface area contributed by atoms with Crippen LogP contribution in [0.1, 0.15) is 109 Å². The third kappa shape index (κ3) is 3.48. The lowest BCUT2D eigenvalue weighted by molar-refractivity contribution is -0.137. The number of ether oxygens (including phenoxy) is 2. The molecule has 2 aromatic rings. The minimum absolute atomic E-state index is 0.00832. The summed E-state index contributed by atoms with van der Waals surface area (Å²) in [5.74, 6) is -0.00832. The molecule has 2 aliphatic heterocycles. The number of aliphatic hydroxyl groups is 2. The summed E-state index contributed by atoms with van der Waals surface area (Å²) in [5, 5.41) is 22.7. The second kappa shape index (κ2) is 7.75. The van der Waals surface area contributed by atoms with Crippen molar-refractivity contribution in [2.75, 3.05) is 13.2 Å². The Morgan fingerprint density at radius 2 is 1.66 bits per heavy atom. The van der Waals surface area contributed by atoms with E-state index in [1.807, 2.05) is 13.8 Å². The molecule has 0 bridgehead atoms. The van der Waals surface area contributed by atoms with Crippen molar-refractivity contribution in [1.82, 2.24) is 4.98 Å². The number of pyridine rings is 1. The number of benzene rings is 1. The SMILES string of the molecule is CC(C)c1nc2c(c3c1C(c1ccc(C(F)(F)F)cc1)OC31CCOCC1)C(O)CC1(CC1)[C@H]2O. The van der Waals surface area contributed by atoms with Gasteiger partial charge in [-0.05, 0) is 48.4 Å². The van der Waals surface area contributed by atoms with Crippen LogP contribution in [0.2, 0.25) is 0 Å². The highest BCUT2D eigenvalue weighted by Gasteiger charge is 2.58. The van der Waals surface area contributed by atoms with Crippen molar-refractivity contribution in [2.45, 2.75) is 82.0 Å². The molecule has 2 N–H and O–H groups in total. The normalized spacial score (nSPS) is 28.4. The van der Waals surface area contributed by atoms with E-state index in [4.69, 9.17) is 14.5 Å². The van der Waals surface area contributed by atoms with E-state index in [0.717, 1.165) is 41.8 Å². The number of halogens is 3. The Morgan fingerprint density at radius 3 is 2.23 bits per heavy atom. The molecule has 2 aliphatic carbocycles. The molecule has 4 aliphatic rings. The van der Waals surface area contributed by atoms with Gasteiger partial charge in [0.05, 0.1) is 23.0 Å². The van der Waals surface area contributed by atoms with Gasteiger partial charge in [0.2, 0.25) is 0 Å². The van der Waals surface area contributed by atoms with Gasteiger partial charge in [-0.3, -0.25) is 4.98 Å². The van der Waals surface area contributed by atoms with E-state index in [1.165, 1.54) is 12.1 Å². The molecule has 2 unspecified atom stereocenters. The quantitative estimate of drug-likeness (QED) is 0.575. The first-order valence-electron chi connectivity index (χ1n) is 12.4. The fraction of sp³-hybridized carbons (Fsp3) is 0.593. The summed E-state index contributed by atoms with van der Waals surface area (Å²) in [4.78, 5) is 4.96. The smallest absolute Gasteiger partial charge is 0.388 e. The van der Waals surface area contributed by atoms with Crippen molar-refractivity contribution in [2.24, 2.45) is 5.41 Å². The molecule has 188 valence electrons. The number of alkyl halides is 3. The van der Waals surface area contributed by atoms with Crippen LogP contribution in [-0.2, 0) is 21.3 Å². The predicted molar refractivity (Wildman–Crippen MR) is 121 cm³/mol. The van der Waals surface area contributed by atoms with Gasteiger partial charge in [-0.15, -0.1) is 0 Å². The third-order valence-electron chi connectivity index (χ3n) is 8.45. The lowest BCUT2D eigenvalue weighted by Crippen LogP contribution is -2.37. The topological polar surface area (TPSA) is 71.8 Å². The lowest BCUT2D eigenvalue weighted by Gasteiger charge is -2.40. The molecule has 1 saturated heterocycles. The number of aliphatic hydroxyl groups excluding tert-OH is 2. The van der Waals surface area contributed by atoms with E-state index in [0.29, 0.717) is 49.3 Å². The number of hydrogen-bond acceptors (Lipinski definition) is 5. The van der Waals surface area contributed by atoms with E-state index in [1.54, 1.807) is 0 Å². The lowest BCUT2D eigenvalue weighted by atomic mass is 9.72. The fourth-order valence-electron chi connectivity index (χ4n) is 6.41. The standard InChI is InChI=1S/C27H30F3NO4/c1-14(2)21-19-20(18-17(32)13-25(7-8-25)24(33)22(18)31-21)26(9-11-34-12-10-26)35-23(19)15-3-5-16(6-4-15)27(28,29)30/h3-6,14,17,23-24,32-33H,7-13H2,1-2H3/t17?,23?,24-/m0/s1. The molecule has 5 nitrogen and oxygen atoms in total. The van der Waals surface area contributed by atoms with Crippen molar-refractivity contribution in [3.63, 3.8) is 0 Å². The Labute approximate surface area is 202 Å². The van der Waals surface area contributed by atoms with Crippen LogP contribution in [0.5, 0.6) is 0 Å². The molecule has 35 heavy (non-hydrogen) atoms. The molecule has 1 saturated carbocycles. The van der Waals surface area contributed by atoms with E-state index in [9.17, 15) is 23.4 Å². The first kappa shape index (κ1) is 23.4. The molecule has 8 heteroatoms. The highest BCUT2D eigenvalue weighted by atomic mass is 19.4. The maximum atomic E-state index is 13.2. The van der Waals surface area contributed by atoms with Gasteiger partial charge < -0.3 is 19.7 Å². The van der Waals surface area contributed by atoms with Crippen LogP contribution in [0.3, 0.4) is 0 Å². The van der Waals surface area contributed by atoms with E-state index in [2.05, 4.69) is 0 Å². The number of aromatic nitrogens is 1. The van der Waals surface area contributed by atoms with Crippen LogP contribution in [-0.4, -0.2) is 28.4 Å². The van der Waals surface area contributed by atoms with Gasteiger partial charge in [0.1, 0.15) is 12.2 Å². The van der Waals surface area contributed by atoms with Crippen molar-refractivity contribution < 1.29 is 32.9 Å².